The first-order chi connectivity index (χ1) is 12.1. The lowest BCUT2D eigenvalue weighted by atomic mass is 10.0. The third-order valence-electron chi connectivity index (χ3n) is 3.96. The maximum absolute atomic E-state index is 10.4. The molecule has 2 aromatic rings. The van der Waals surface area contributed by atoms with Gasteiger partial charge in [-0.2, -0.15) is 0 Å². The normalized spacial score (nSPS) is 16.2. The van der Waals surface area contributed by atoms with Crippen LogP contribution in [-0.4, -0.2) is 41.2 Å². The Hall–Kier alpha value is -1.76. The van der Waals surface area contributed by atoms with E-state index < -0.39 is 24.4 Å². The molecule has 0 saturated carbocycles. The summed E-state index contributed by atoms with van der Waals surface area (Å²) in [4.78, 5) is 0. The van der Waals surface area contributed by atoms with Gasteiger partial charge in [-0.05, 0) is 18.1 Å². The van der Waals surface area contributed by atoms with Crippen LogP contribution in [0.3, 0.4) is 0 Å². The van der Waals surface area contributed by atoms with Gasteiger partial charge in [0.25, 0.3) is 0 Å². The second kappa shape index (κ2) is 10.3. The lowest BCUT2D eigenvalue weighted by Gasteiger charge is -2.29. The van der Waals surface area contributed by atoms with Crippen molar-refractivity contribution >= 4 is 0 Å². The molecule has 4 N–H and O–H groups in total. The monoisotopic (exact) mass is 345 g/mol. The molecule has 0 unspecified atom stereocenters. The molecule has 0 fully saturated rings. The van der Waals surface area contributed by atoms with Crippen LogP contribution in [0.25, 0.3) is 0 Å². The van der Waals surface area contributed by atoms with E-state index in [0.29, 0.717) is 13.2 Å². The van der Waals surface area contributed by atoms with E-state index in [4.69, 9.17) is 15.2 Å². The first-order valence-corrected chi connectivity index (χ1v) is 8.47. The van der Waals surface area contributed by atoms with Crippen LogP contribution in [0.1, 0.15) is 18.1 Å². The first-order valence-electron chi connectivity index (χ1n) is 8.47. The third-order valence-corrected chi connectivity index (χ3v) is 3.96. The van der Waals surface area contributed by atoms with Gasteiger partial charge in [-0.25, -0.2) is 0 Å². The summed E-state index contributed by atoms with van der Waals surface area (Å²) in [6.45, 7) is 2.47. The minimum atomic E-state index is -1.03. The van der Waals surface area contributed by atoms with E-state index in [1.165, 1.54) is 0 Å². The molecular formula is C20H27NO4. The van der Waals surface area contributed by atoms with Gasteiger partial charge in [0, 0.05) is 0 Å². The highest BCUT2D eigenvalue weighted by molar-refractivity contribution is 5.14. The number of hydrogen-bond donors (Lipinski definition) is 3. The Bertz CT molecular complexity index is 591. The average molecular weight is 345 g/mol. The second-order valence-electron chi connectivity index (χ2n) is 6.16. The lowest BCUT2D eigenvalue weighted by Crippen LogP contribution is -2.50. The Balaban J connectivity index is 1.82. The van der Waals surface area contributed by atoms with Gasteiger partial charge in [0.2, 0.25) is 0 Å². The Labute approximate surface area is 149 Å². The van der Waals surface area contributed by atoms with Crippen LogP contribution in [-0.2, 0) is 22.7 Å². The second-order valence-corrected chi connectivity index (χ2v) is 6.16. The van der Waals surface area contributed by atoms with Crippen molar-refractivity contribution in [2.45, 2.75) is 44.5 Å². The van der Waals surface area contributed by atoms with E-state index in [1.807, 2.05) is 60.7 Å². The fourth-order valence-corrected chi connectivity index (χ4v) is 2.52. The van der Waals surface area contributed by atoms with Gasteiger partial charge in [0.05, 0.1) is 38.1 Å². The molecule has 0 aliphatic rings. The highest BCUT2D eigenvalue weighted by atomic mass is 16.5. The zero-order valence-electron chi connectivity index (χ0n) is 14.5. The number of aliphatic hydroxyl groups is 2. The molecule has 136 valence electrons. The number of benzene rings is 2. The molecule has 0 saturated heterocycles. The van der Waals surface area contributed by atoms with Crippen LogP contribution in [0.15, 0.2) is 60.7 Å². The van der Waals surface area contributed by atoms with E-state index >= 15 is 0 Å². The standard InChI is InChI=1S/C20H27NO4/c1-15(22)20(25-13-17-10-6-3-7-11-17)19(23)18(21)14-24-12-16-8-4-2-5-9-16/h2-11,15,18-20,22-23H,12-14,21H2,1H3/t15-,18+,19+,20+/m0/s1. The molecule has 0 bridgehead atoms. The fourth-order valence-electron chi connectivity index (χ4n) is 2.52. The molecule has 0 spiro atoms. The van der Waals surface area contributed by atoms with Gasteiger partial charge in [-0.1, -0.05) is 60.7 Å². The van der Waals surface area contributed by atoms with Gasteiger partial charge in [-0.3, -0.25) is 0 Å². The van der Waals surface area contributed by atoms with Crippen molar-refractivity contribution in [3.05, 3.63) is 71.8 Å². The maximum atomic E-state index is 10.4. The Kier molecular flexibility index (Phi) is 8.04. The molecule has 2 aromatic carbocycles. The number of rotatable bonds is 10. The molecule has 0 aliphatic heterocycles. The summed E-state index contributed by atoms with van der Waals surface area (Å²) < 4.78 is 11.3. The fraction of sp³-hybridized carbons (Fsp3) is 0.400. The van der Waals surface area contributed by atoms with Crippen molar-refractivity contribution < 1.29 is 19.7 Å². The molecule has 0 aliphatic carbocycles. The van der Waals surface area contributed by atoms with Gasteiger partial charge in [0.1, 0.15) is 6.10 Å². The number of hydrogen-bond acceptors (Lipinski definition) is 5. The minimum absolute atomic E-state index is 0.175. The zero-order chi connectivity index (χ0) is 18.1. The summed E-state index contributed by atoms with van der Waals surface area (Å²) in [7, 11) is 0. The van der Waals surface area contributed by atoms with Crippen LogP contribution in [0, 0.1) is 0 Å². The van der Waals surface area contributed by atoms with Crippen LogP contribution in [0.5, 0.6) is 0 Å². The highest BCUT2D eigenvalue weighted by Gasteiger charge is 2.30. The Morgan fingerprint density at radius 2 is 1.40 bits per heavy atom. The van der Waals surface area contributed by atoms with Crippen molar-refractivity contribution in [2.75, 3.05) is 6.61 Å². The minimum Gasteiger partial charge on any atom is -0.391 e. The van der Waals surface area contributed by atoms with Crippen molar-refractivity contribution in [3.8, 4) is 0 Å². The molecule has 0 heterocycles. The SMILES string of the molecule is C[C@H](O)[C@@H](OCc1ccccc1)[C@H](O)[C@H](N)COCc1ccccc1. The van der Waals surface area contributed by atoms with Crippen molar-refractivity contribution in [3.63, 3.8) is 0 Å². The van der Waals surface area contributed by atoms with Gasteiger partial charge in [-0.15, -0.1) is 0 Å². The highest BCUT2D eigenvalue weighted by Crippen LogP contribution is 2.13. The Morgan fingerprint density at radius 1 is 0.880 bits per heavy atom. The largest absolute Gasteiger partial charge is 0.391 e. The summed E-state index contributed by atoms with van der Waals surface area (Å²) >= 11 is 0. The van der Waals surface area contributed by atoms with E-state index in [-0.39, 0.29) is 6.61 Å². The quantitative estimate of drug-likeness (QED) is 0.612. The smallest absolute Gasteiger partial charge is 0.111 e. The number of ether oxygens (including phenoxy) is 2. The summed E-state index contributed by atoms with van der Waals surface area (Å²) in [5.41, 5.74) is 8.03. The van der Waals surface area contributed by atoms with Crippen molar-refractivity contribution in [1.82, 2.24) is 0 Å². The molecular weight excluding hydrogens is 318 g/mol. The summed E-state index contributed by atoms with van der Waals surface area (Å²) in [6.07, 6.45) is -2.66. The number of nitrogens with two attached hydrogens (primary N) is 1. The summed E-state index contributed by atoms with van der Waals surface area (Å²) in [6, 6.07) is 18.7. The van der Waals surface area contributed by atoms with Crippen LogP contribution in [0.2, 0.25) is 0 Å². The molecule has 5 nitrogen and oxygen atoms in total. The van der Waals surface area contributed by atoms with Gasteiger partial charge < -0.3 is 25.4 Å². The van der Waals surface area contributed by atoms with Crippen molar-refractivity contribution in [2.24, 2.45) is 5.73 Å². The van der Waals surface area contributed by atoms with Crippen LogP contribution in [0.4, 0.5) is 0 Å². The molecule has 0 amide bonds. The van der Waals surface area contributed by atoms with Crippen molar-refractivity contribution in [1.29, 1.82) is 0 Å². The topological polar surface area (TPSA) is 84.9 Å². The third kappa shape index (κ3) is 6.57. The molecule has 0 radical (unpaired) electrons. The summed E-state index contributed by atoms with van der Waals surface area (Å²) in [5.74, 6) is 0. The maximum Gasteiger partial charge on any atom is 0.111 e. The van der Waals surface area contributed by atoms with E-state index in [2.05, 4.69) is 0 Å². The van der Waals surface area contributed by atoms with Gasteiger partial charge >= 0.3 is 0 Å². The van der Waals surface area contributed by atoms with Crippen LogP contribution < -0.4 is 5.73 Å². The Morgan fingerprint density at radius 3 is 1.92 bits per heavy atom. The van der Waals surface area contributed by atoms with Gasteiger partial charge in [0.15, 0.2) is 0 Å². The molecule has 4 atom stereocenters. The molecule has 2 rings (SSSR count). The average Bonchev–Trinajstić information content (AvgIpc) is 2.63. The van der Waals surface area contributed by atoms with E-state index in [1.54, 1.807) is 6.92 Å². The molecule has 25 heavy (non-hydrogen) atoms. The van der Waals surface area contributed by atoms with Crippen LogP contribution >= 0.6 is 0 Å². The van der Waals surface area contributed by atoms with E-state index in [9.17, 15) is 10.2 Å². The predicted molar refractivity (Wildman–Crippen MR) is 96.8 cm³/mol. The summed E-state index contributed by atoms with van der Waals surface area (Å²) in [5, 5.41) is 20.4. The lowest BCUT2D eigenvalue weighted by molar-refractivity contribution is -0.114. The zero-order valence-corrected chi connectivity index (χ0v) is 14.5. The molecule has 0 aromatic heterocycles. The predicted octanol–water partition coefficient (Wildman–Crippen LogP) is 1.86. The number of aliphatic hydroxyl groups excluding tert-OH is 2. The molecule has 5 heteroatoms. The first kappa shape index (κ1) is 19.6. The van der Waals surface area contributed by atoms with E-state index in [0.717, 1.165) is 11.1 Å².